The molecule has 0 bridgehead atoms. The smallest absolute Gasteiger partial charge is 0.296 e. The van der Waals surface area contributed by atoms with Gasteiger partial charge in [0.2, 0.25) is 11.8 Å². The van der Waals surface area contributed by atoms with Crippen molar-refractivity contribution in [1.82, 2.24) is 4.90 Å². The molecule has 0 aromatic heterocycles. The van der Waals surface area contributed by atoms with E-state index < -0.39 is 16.9 Å². The largest absolute Gasteiger partial charge is 0.496 e. The highest BCUT2D eigenvalue weighted by molar-refractivity contribution is 6.42. The summed E-state index contributed by atoms with van der Waals surface area (Å²) in [5, 5.41) is 17.1. The Balaban J connectivity index is 2.00. The van der Waals surface area contributed by atoms with Crippen molar-refractivity contribution in [1.29, 1.82) is 0 Å². The first kappa shape index (κ1) is 23.4. The molecule has 2 amide bonds. The van der Waals surface area contributed by atoms with Gasteiger partial charge in [-0.25, -0.2) is 0 Å². The minimum absolute atomic E-state index is 0.0336. The van der Waals surface area contributed by atoms with E-state index in [0.717, 1.165) is 0 Å². The number of carbonyl (C=O) groups is 2. The molecule has 0 aliphatic rings. The Kier molecular flexibility index (Phi) is 7.99. The van der Waals surface area contributed by atoms with Crippen LogP contribution in [0.3, 0.4) is 0 Å². The number of anilines is 2. The summed E-state index contributed by atoms with van der Waals surface area (Å²) in [6, 6.07) is 8.04. The van der Waals surface area contributed by atoms with Crippen molar-refractivity contribution < 1.29 is 19.2 Å². The van der Waals surface area contributed by atoms with Crippen LogP contribution >= 0.6 is 23.2 Å². The molecule has 2 N–H and O–H groups in total. The Morgan fingerprint density at radius 1 is 1.17 bits per heavy atom. The zero-order valence-corrected chi connectivity index (χ0v) is 18.0. The van der Waals surface area contributed by atoms with Gasteiger partial charge in [-0.1, -0.05) is 23.2 Å². The van der Waals surface area contributed by atoms with E-state index in [1.165, 1.54) is 36.3 Å². The molecule has 0 saturated carbocycles. The van der Waals surface area contributed by atoms with Gasteiger partial charge in [0.1, 0.15) is 11.4 Å². The Hall–Kier alpha value is -2.88. The number of methoxy groups -OCH3 is 1. The predicted molar refractivity (Wildman–Crippen MR) is 115 cm³/mol. The van der Waals surface area contributed by atoms with Crippen molar-refractivity contribution in [3.8, 4) is 5.75 Å². The highest BCUT2D eigenvalue weighted by Crippen LogP contribution is 2.29. The molecule has 30 heavy (non-hydrogen) atoms. The van der Waals surface area contributed by atoms with Gasteiger partial charge in [0, 0.05) is 5.69 Å². The van der Waals surface area contributed by atoms with Crippen LogP contribution in [0.5, 0.6) is 5.75 Å². The van der Waals surface area contributed by atoms with E-state index in [1.54, 1.807) is 26.1 Å². The van der Waals surface area contributed by atoms with Crippen molar-refractivity contribution in [3.05, 3.63) is 56.6 Å². The molecule has 11 heteroatoms. The first-order valence-corrected chi connectivity index (χ1v) is 9.46. The van der Waals surface area contributed by atoms with Crippen molar-refractivity contribution in [2.45, 2.75) is 13.0 Å². The monoisotopic (exact) mass is 454 g/mol. The zero-order chi connectivity index (χ0) is 22.4. The maximum Gasteiger partial charge on any atom is 0.296 e. The number of ether oxygens (including phenoxy) is 1. The molecule has 2 rings (SSSR count). The maximum absolute atomic E-state index is 12.5. The Labute approximate surface area is 183 Å². The van der Waals surface area contributed by atoms with Crippen LogP contribution in [-0.2, 0) is 9.59 Å². The normalized spacial score (nSPS) is 11.7. The lowest BCUT2D eigenvalue weighted by atomic mass is 10.2. The summed E-state index contributed by atoms with van der Waals surface area (Å²) in [7, 11) is 2.97. The van der Waals surface area contributed by atoms with Crippen LogP contribution in [0.15, 0.2) is 36.4 Å². The fourth-order valence-electron chi connectivity index (χ4n) is 2.47. The van der Waals surface area contributed by atoms with Gasteiger partial charge in [-0.15, -0.1) is 0 Å². The van der Waals surface area contributed by atoms with E-state index in [2.05, 4.69) is 10.6 Å². The Morgan fingerprint density at radius 2 is 1.87 bits per heavy atom. The molecule has 0 spiro atoms. The third-order valence-electron chi connectivity index (χ3n) is 4.30. The lowest BCUT2D eigenvalue weighted by molar-refractivity contribution is -0.384. The van der Waals surface area contributed by atoms with Crippen LogP contribution in [0, 0.1) is 10.1 Å². The van der Waals surface area contributed by atoms with Crippen molar-refractivity contribution in [2.75, 3.05) is 31.3 Å². The second-order valence-electron chi connectivity index (χ2n) is 6.40. The van der Waals surface area contributed by atoms with Gasteiger partial charge in [0.15, 0.2) is 0 Å². The van der Waals surface area contributed by atoms with Crippen LogP contribution in [0.4, 0.5) is 17.1 Å². The summed E-state index contributed by atoms with van der Waals surface area (Å²) in [6.07, 6.45) is 0. The second-order valence-corrected chi connectivity index (χ2v) is 7.21. The average molecular weight is 455 g/mol. The molecular formula is C19H20Cl2N4O5. The molecule has 2 aromatic rings. The number of hydrogen-bond acceptors (Lipinski definition) is 6. The molecule has 9 nitrogen and oxygen atoms in total. The lowest BCUT2D eigenvalue weighted by Gasteiger charge is -2.23. The van der Waals surface area contributed by atoms with Crippen molar-refractivity contribution in [3.63, 3.8) is 0 Å². The van der Waals surface area contributed by atoms with Gasteiger partial charge in [0.25, 0.3) is 5.69 Å². The first-order valence-electron chi connectivity index (χ1n) is 8.70. The van der Waals surface area contributed by atoms with Crippen LogP contribution < -0.4 is 15.4 Å². The summed E-state index contributed by atoms with van der Waals surface area (Å²) in [5.41, 5.74) is 0.204. The number of rotatable bonds is 8. The third kappa shape index (κ3) is 6.06. The van der Waals surface area contributed by atoms with Crippen molar-refractivity contribution in [2.24, 2.45) is 0 Å². The van der Waals surface area contributed by atoms with E-state index in [1.807, 2.05) is 0 Å². The van der Waals surface area contributed by atoms with Crippen LogP contribution in [0.2, 0.25) is 10.0 Å². The van der Waals surface area contributed by atoms with Crippen LogP contribution in [0.25, 0.3) is 0 Å². The molecule has 2 aromatic carbocycles. The summed E-state index contributed by atoms with van der Waals surface area (Å²) in [5.74, 6) is -0.581. The zero-order valence-electron chi connectivity index (χ0n) is 16.4. The van der Waals surface area contributed by atoms with Gasteiger partial charge in [-0.05, 0) is 44.3 Å². The molecule has 1 unspecified atom stereocenters. The molecule has 0 fully saturated rings. The van der Waals surface area contributed by atoms with E-state index in [-0.39, 0.29) is 23.8 Å². The number of amides is 2. The number of nitro groups is 1. The minimum Gasteiger partial charge on any atom is -0.496 e. The number of likely N-dealkylation sites (N-methyl/N-ethyl adjacent to an activating group) is 1. The molecule has 0 radical (unpaired) electrons. The topological polar surface area (TPSA) is 114 Å². The lowest BCUT2D eigenvalue weighted by Crippen LogP contribution is -2.43. The SMILES string of the molecule is COc1ccc(NC(=O)C(C)N(C)CC(=O)Nc2ccc(Cl)c(Cl)c2)c([N+](=O)[O-])c1. The summed E-state index contributed by atoms with van der Waals surface area (Å²) in [4.78, 5) is 36.9. The fourth-order valence-corrected chi connectivity index (χ4v) is 2.77. The first-order chi connectivity index (χ1) is 14.1. The van der Waals surface area contributed by atoms with E-state index in [4.69, 9.17) is 27.9 Å². The molecule has 0 aliphatic carbocycles. The number of hydrogen-bond donors (Lipinski definition) is 2. The van der Waals surface area contributed by atoms with E-state index in [9.17, 15) is 19.7 Å². The molecular weight excluding hydrogens is 435 g/mol. The number of nitro benzene ring substituents is 1. The average Bonchev–Trinajstić information content (AvgIpc) is 2.70. The van der Waals surface area contributed by atoms with Gasteiger partial charge in [0.05, 0.1) is 40.7 Å². The minimum atomic E-state index is -0.744. The quantitative estimate of drug-likeness (QED) is 0.462. The number of carbonyl (C=O) groups excluding carboxylic acids is 2. The molecule has 1 atom stereocenters. The Morgan fingerprint density at radius 3 is 2.47 bits per heavy atom. The van der Waals surface area contributed by atoms with E-state index >= 15 is 0 Å². The number of benzene rings is 2. The maximum atomic E-state index is 12.5. The number of halogens is 2. The molecule has 0 saturated heterocycles. The molecule has 160 valence electrons. The molecule has 0 heterocycles. The highest BCUT2D eigenvalue weighted by Gasteiger charge is 2.24. The highest BCUT2D eigenvalue weighted by atomic mass is 35.5. The molecule has 0 aliphatic heterocycles. The summed E-state index contributed by atoms with van der Waals surface area (Å²) >= 11 is 11.8. The Bertz CT molecular complexity index is 970. The summed E-state index contributed by atoms with van der Waals surface area (Å²) < 4.78 is 4.97. The predicted octanol–water partition coefficient (Wildman–Crippen LogP) is 3.81. The fraction of sp³-hybridized carbons (Fsp3) is 0.263. The number of nitrogens with one attached hydrogen (secondary N) is 2. The van der Waals surface area contributed by atoms with Gasteiger partial charge in [-0.2, -0.15) is 0 Å². The van der Waals surface area contributed by atoms with Crippen molar-refractivity contribution >= 4 is 52.1 Å². The second kappa shape index (κ2) is 10.2. The number of nitrogens with zero attached hydrogens (tertiary/aromatic N) is 2. The van der Waals surface area contributed by atoms with E-state index in [0.29, 0.717) is 21.5 Å². The third-order valence-corrected chi connectivity index (χ3v) is 5.04. The summed E-state index contributed by atoms with van der Waals surface area (Å²) in [6.45, 7) is 1.48. The van der Waals surface area contributed by atoms with Crippen LogP contribution in [-0.4, -0.2) is 48.4 Å². The van der Waals surface area contributed by atoms with Gasteiger partial charge in [-0.3, -0.25) is 24.6 Å². The van der Waals surface area contributed by atoms with Gasteiger partial charge < -0.3 is 15.4 Å². The van der Waals surface area contributed by atoms with Gasteiger partial charge >= 0.3 is 0 Å². The standard InChI is InChI=1S/C19H20Cl2N4O5/c1-11(19(27)23-16-7-5-13(30-3)9-17(16)25(28)29)24(2)10-18(26)22-12-4-6-14(20)15(21)8-12/h4-9,11H,10H2,1-3H3,(H,22,26)(H,23,27). The van der Waals surface area contributed by atoms with Crippen LogP contribution in [0.1, 0.15) is 6.92 Å².